The van der Waals surface area contributed by atoms with E-state index in [1.807, 2.05) is 18.3 Å². The predicted molar refractivity (Wildman–Crippen MR) is 85.1 cm³/mol. The second kappa shape index (κ2) is 4.08. The van der Waals surface area contributed by atoms with Crippen molar-refractivity contribution in [2.24, 2.45) is 17.3 Å². The fourth-order valence-corrected chi connectivity index (χ4v) is 4.82. The summed E-state index contributed by atoms with van der Waals surface area (Å²) in [7, 11) is 2.07. The molecule has 0 bridgehead atoms. The number of carbonyl (C=O) groups is 1. The van der Waals surface area contributed by atoms with E-state index in [2.05, 4.69) is 26.7 Å². The number of rotatable bonds is 2. The van der Waals surface area contributed by atoms with Crippen molar-refractivity contribution in [2.45, 2.75) is 26.6 Å². The lowest BCUT2D eigenvalue weighted by Crippen LogP contribution is -2.38. The highest BCUT2D eigenvalue weighted by molar-refractivity contribution is 7.20. The summed E-state index contributed by atoms with van der Waals surface area (Å²) in [6.45, 7) is 4.62. The third-order valence-electron chi connectivity index (χ3n) is 5.09. The zero-order valence-electron chi connectivity index (χ0n) is 12.3. The second-order valence-corrected chi connectivity index (χ2v) is 7.90. The molecule has 0 radical (unpaired) electrons. The van der Waals surface area contributed by atoms with Crippen LogP contribution in [0.5, 0.6) is 0 Å². The number of fused-ring (bicyclic) bond motifs is 2. The molecule has 1 aliphatic carbocycles. The maximum Gasteiger partial charge on any atom is 0.229 e. The van der Waals surface area contributed by atoms with E-state index in [1.54, 1.807) is 16.2 Å². The Morgan fingerprint density at radius 3 is 2.90 bits per heavy atom. The fourth-order valence-electron chi connectivity index (χ4n) is 3.74. The van der Waals surface area contributed by atoms with Gasteiger partial charge in [-0.05, 0) is 17.5 Å². The summed E-state index contributed by atoms with van der Waals surface area (Å²) in [5.41, 5.74) is 2.14. The Labute approximate surface area is 128 Å². The van der Waals surface area contributed by atoms with Crippen LogP contribution < -0.4 is 5.46 Å². The molecule has 4 nitrogen and oxygen atoms in total. The number of aliphatic hydroxyl groups excluding tert-OH is 1. The molecular weight excluding hydrogens is 283 g/mol. The standard InChI is InChI=1S/C15H17BN2O2S/c1-15(2)10-11(15)14(20)18(13(10)19)6-7-5-9-12(21-7)8(16)3-4-17-9/h3-5,10-11,13,19H,6,16H2,1-2H3. The van der Waals surface area contributed by atoms with Crippen LogP contribution in [0.1, 0.15) is 18.7 Å². The van der Waals surface area contributed by atoms with Gasteiger partial charge in [-0.15, -0.1) is 11.3 Å². The molecule has 4 rings (SSSR count). The molecule has 108 valence electrons. The Hall–Kier alpha value is -1.40. The number of hydrogen-bond acceptors (Lipinski definition) is 4. The third kappa shape index (κ3) is 1.72. The molecule has 2 aromatic rings. The number of carbonyl (C=O) groups excluding carboxylic acids is 1. The predicted octanol–water partition coefficient (Wildman–Crippen LogP) is 0.487. The number of amides is 1. The molecule has 1 saturated carbocycles. The van der Waals surface area contributed by atoms with Crippen molar-refractivity contribution >= 4 is 40.8 Å². The number of likely N-dealkylation sites (tertiary alicyclic amines) is 1. The van der Waals surface area contributed by atoms with Gasteiger partial charge < -0.3 is 10.0 Å². The monoisotopic (exact) mass is 300 g/mol. The van der Waals surface area contributed by atoms with E-state index in [-0.39, 0.29) is 23.2 Å². The van der Waals surface area contributed by atoms with Gasteiger partial charge in [-0.2, -0.15) is 0 Å². The van der Waals surface area contributed by atoms with Gasteiger partial charge in [0.1, 0.15) is 14.1 Å². The minimum Gasteiger partial charge on any atom is -0.373 e. The number of pyridine rings is 1. The first-order chi connectivity index (χ1) is 9.91. The molecule has 21 heavy (non-hydrogen) atoms. The van der Waals surface area contributed by atoms with Crippen molar-refractivity contribution in [3.8, 4) is 0 Å². The van der Waals surface area contributed by atoms with Crippen LogP contribution in [-0.4, -0.2) is 35.0 Å². The Kier molecular flexibility index (Phi) is 2.58. The van der Waals surface area contributed by atoms with Gasteiger partial charge in [-0.1, -0.05) is 19.3 Å². The van der Waals surface area contributed by atoms with Gasteiger partial charge in [0.05, 0.1) is 18.0 Å². The summed E-state index contributed by atoms with van der Waals surface area (Å²) in [4.78, 5) is 19.5. The van der Waals surface area contributed by atoms with Crippen molar-refractivity contribution < 1.29 is 9.90 Å². The normalized spacial score (nSPS) is 30.0. The van der Waals surface area contributed by atoms with Crippen molar-refractivity contribution in [2.75, 3.05) is 0 Å². The third-order valence-corrected chi connectivity index (χ3v) is 6.33. The van der Waals surface area contributed by atoms with Crippen LogP contribution in [0.25, 0.3) is 10.2 Å². The molecule has 1 saturated heterocycles. The minimum atomic E-state index is -0.642. The minimum absolute atomic E-state index is 0.00161. The molecule has 0 aromatic carbocycles. The maximum atomic E-state index is 12.4. The number of aromatic nitrogens is 1. The van der Waals surface area contributed by atoms with E-state index in [4.69, 9.17) is 0 Å². The van der Waals surface area contributed by atoms with Crippen molar-refractivity contribution in [1.82, 2.24) is 9.88 Å². The first-order valence-electron chi connectivity index (χ1n) is 7.24. The number of hydrogen-bond donors (Lipinski definition) is 1. The SMILES string of the molecule is Bc1ccnc2cc(CN3C(=O)C4C(C3O)C4(C)C)sc12. The Balaban J connectivity index is 1.62. The van der Waals surface area contributed by atoms with E-state index in [9.17, 15) is 9.90 Å². The zero-order valence-corrected chi connectivity index (χ0v) is 13.1. The van der Waals surface area contributed by atoms with Gasteiger partial charge in [0.2, 0.25) is 5.91 Å². The van der Waals surface area contributed by atoms with Gasteiger partial charge in [-0.3, -0.25) is 9.78 Å². The number of nitrogens with zero attached hydrogens (tertiary/aromatic N) is 2. The molecule has 2 aliphatic rings. The van der Waals surface area contributed by atoms with Gasteiger partial charge >= 0.3 is 0 Å². The highest BCUT2D eigenvalue weighted by atomic mass is 32.1. The summed E-state index contributed by atoms with van der Waals surface area (Å²) in [5, 5.41) is 10.4. The van der Waals surface area contributed by atoms with E-state index in [0.717, 1.165) is 10.4 Å². The molecule has 3 heterocycles. The molecule has 3 atom stereocenters. The first kappa shape index (κ1) is 13.3. The van der Waals surface area contributed by atoms with E-state index >= 15 is 0 Å². The van der Waals surface area contributed by atoms with Crippen molar-refractivity contribution in [3.63, 3.8) is 0 Å². The van der Waals surface area contributed by atoms with E-state index in [0.29, 0.717) is 6.54 Å². The fraction of sp³-hybridized carbons (Fsp3) is 0.467. The number of thiophene rings is 1. The topological polar surface area (TPSA) is 53.4 Å². The second-order valence-electron chi connectivity index (χ2n) is 6.76. The quantitative estimate of drug-likeness (QED) is 0.821. The molecule has 1 amide bonds. The van der Waals surface area contributed by atoms with E-state index in [1.165, 1.54) is 10.2 Å². The average Bonchev–Trinajstić information content (AvgIpc) is 2.71. The van der Waals surface area contributed by atoms with Crippen molar-refractivity contribution in [3.05, 3.63) is 23.2 Å². The van der Waals surface area contributed by atoms with Crippen LogP contribution >= 0.6 is 11.3 Å². The lowest BCUT2D eigenvalue weighted by molar-refractivity contribution is -0.140. The molecule has 2 fully saturated rings. The summed E-state index contributed by atoms with van der Waals surface area (Å²) in [6.07, 6.45) is 1.17. The smallest absolute Gasteiger partial charge is 0.229 e. The highest BCUT2D eigenvalue weighted by Crippen LogP contribution is 2.65. The Bertz CT molecular complexity index is 757. The highest BCUT2D eigenvalue weighted by Gasteiger charge is 2.71. The molecule has 0 spiro atoms. The average molecular weight is 300 g/mol. The molecule has 3 unspecified atom stereocenters. The van der Waals surface area contributed by atoms with Crippen LogP contribution in [-0.2, 0) is 11.3 Å². The van der Waals surface area contributed by atoms with Crippen LogP contribution in [0.3, 0.4) is 0 Å². The number of piperidine rings is 1. The molecule has 1 aliphatic heterocycles. The molecule has 2 aromatic heterocycles. The van der Waals surface area contributed by atoms with Crippen LogP contribution in [0.15, 0.2) is 18.3 Å². The lowest BCUT2D eigenvalue weighted by Gasteiger charge is -2.26. The van der Waals surface area contributed by atoms with Gasteiger partial charge in [-0.25, -0.2) is 0 Å². The summed E-state index contributed by atoms with van der Waals surface area (Å²) < 4.78 is 1.17. The van der Waals surface area contributed by atoms with Crippen molar-refractivity contribution in [1.29, 1.82) is 0 Å². The van der Waals surface area contributed by atoms with Crippen LogP contribution in [0.2, 0.25) is 0 Å². The lowest BCUT2D eigenvalue weighted by atomic mass is 9.97. The Morgan fingerprint density at radius 2 is 2.29 bits per heavy atom. The summed E-state index contributed by atoms with van der Waals surface area (Å²) in [6, 6.07) is 4.03. The summed E-state index contributed by atoms with van der Waals surface area (Å²) >= 11 is 1.66. The molecule has 1 N–H and O–H groups in total. The van der Waals surface area contributed by atoms with Gasteiger partial charge in [0.15, 0.2) is 0 Å². The molecule has 6 heteroatoms. The van der Waals surface area contributed by atoms with Gasteiger partial charge in [0, 0.05) is 21.7 Å². The Morgan fingerprint density at radius 1 is 1.52 bits per heavy atom. The van der Waals surface area contributed by atoms with Crippen LogP contribution in [0.4, 0.5) is 0 Å². The zero-order chi connectivity index (χ0) is 14.9. The van der Waals surface area contributed by atoms with Crippen LogP contribution in [0, 0.1) is 17.3 Å². The van der Waals surface area contributed by atoms with Gasteiger partial charge in [0.25, 0.3) is 0 Å². The first-order valence-corrected chi connectivity index (χ1v) is 8.05. The summed E-state index contributed by atoms with van der Waals surface area (Å²) in [5.74, 6) is 0.195. The van der Waals surface area contributed by atoms with E-state index < -0.39 is 6.23 Å². The largest absolute Gasteiger partial charge is 0.373 e. The maximum absolute atomic E-state index is 12.4. The molecular formula is C15H17BN2O2S. The number of aliphatic hydroxyl groups is 1.